The number of amides is 1. The second-order valence-corrected chi connectivity index (χ2v) is 7.06. The third kappa shape index (κ3) is 4.68. The van der Waals surface area contributed by atoms with E-state index in [0.717, 1.165) is 17.8 Å². The van der Waals surface area contributed by atoms with Gasteiger partial charge in [-0.2, -0.15) is 18.3 Å². The second kappa shape index (κ2) is 8.66. The van der Waals surface area contributed by atoms with Crippen LogP contribution in [0.3, 0.4) is 0 Å². The van der Waals surface area contributed by atoms with E-state index in [1.54, 1.807) is 6.92 Å². The molecule has 0 saturated carbocycles. The highest BCUT2D eigenvalue weighted by molar-refractivity contribution is 5.95. The molecule has 0 bridgehead atoms. The van der Waals surface area contributed by atoms with Gasteiger partial charge in [-0.15, -0.1) is 0 Å². The normalized spacial score (nSPS) is 12.8. The van der Waals surface area contributed by atoms with Gasteiger partial charge >= 0.3 is 6.18 Å². The van der Waals surface area contributed by atoms with Gasteiger partial charge < -0.3 is 10.2 Å². The molecule has 6 nitrogen and oxygen atoms in total. The molecule has 1 atom stereocenters. The first-order chi connectivity index (χ1) is 14.2. The summed E-state index contributed by atoms with van der Waals surface area (Å²) in [5.74, 6) is -0.108. The van der Waals surface area contributed by atoms with Gasteiger partial charge in [0.25, 0.3) is 5.91 Å². The van der Waals surface area contributed by atoms with Crippen LogP contribution in [0.15, 0.2) is 54.9 Å². The van der Waals surface area contributed by atoms with E-state index in [0.29, 0.717) is 17.8 Å². The zero-order valence-electron chi connectivity index (χ0n) is 16.8. The lowest BCUT2D eigenvalue weighted by Crippen LogP contribution is -2.34. The predicted octanol–water partition coefficient (Wildman–Crippen LogP) is 3.63. The fourth-order valence-corrected chi connectivity index (χ4v) is 3.10. The number of likely N-dealkylation sites (N-methyl/N-ethyl adjacent to an activating group) is 1. The first kappa shape index (κ1) is 21.5. The van der Waals surface area contributed by atoms with Gasteiger partial charge in [0.15, 0.2) is 5.82 Å². The highest BCUT2D eigenvalue weighted by atomic mass is 19.4. The third-order valence-corrected chi connectivity index (χ3v) is 4.81. The summed E-state index contributed by atoms with van der Waals surface area (Å²) >= 11 is 0. The molecule has 1 aromatic carbocycles. The largest absolute Gasteiger partial charge is 0.417 e. The van der Waals surface area contributed by atoms with E-state index in [2.05, 4.69) is 15.4 Å². The molecule has 2 heterocycles. The molecule has 0 radical (unpaired) electrons. The summed E-state index contributed by atoms with van der Waals surface area (Å²) in [4.78, 5) is 18.5. The van der Waals surface area contributed by atoms with Crippen molar-refractivity contribution in [2.45, 2.75) is 19.1 Å². The first-order valence-electron chi connectivity index (χ1n) is 9.26. The fraction of sp³-hybridized carbons (Fsp3) is 0.286. The number of carbonyl (C=O) groups excluding carboxylic acids is 1. The standard InChI is InChI=1S/C21H22F3N5O/c1-14-17(12-27-29(14)19-10-9-16(11-25-19)21(22,23)24)20(30)26-13-18(28(2)3)15-7-5-4-6-8-15/h4-12,18H,13H2,1-3H3,(H,26,30). The molecule has 1 N–H and O–H groups in total. The fourth-order valence-electron chi connectivity index (χ4n) is 3.10. The van der Waals surface area contributed by atoms with Gasteiger partial charge in [-0.1, -0.05) is 30.3 Å². The molecule has 0 fully saturated rings. The molecule has 0 saturated heterocycles. The van der Waals surface area contributed by atoms with Crippen molar-refractivity contribution in [3.63, 3.8) is 0 Å². The quantitative estimate of drug-likeness (QED) is 0.665. The Morgan fingerprint density at radius 3 is 2.40 bits per heavy atom. The molecule has 158 valence electrons. The van der Waals surface area contributed by atoms with Crippen molar-refractivity contribution in [2.75, 3.05) is 20.6 Å². The number of benzene rings is 1. The van der Waals surface area contributed by atoms with E-state index in [9.17, 15) is 18.0 Å². The minimum absolute atomic E-state index is 0.0120. The van der Waals surface area contributed by atoms with Crippen molar-refractivity contribution >= 4 is 5.91 Å². The van der Waals surface area contributed by atoms with Crippen LogP contribution < -0.4 is 5.32 Å². The summed E-state index contributed by atoms with van der Waals surface area (Å²) < 4.78 is 39.5. The Morgan fingerprint density at radius 2 is 1.83 bits per heavy atom. The Hall–Kier alpha value is -3.20. The number of rotatable bonds is 6. The molecule has 1 unspecified atom stereocenters. The van der Waals surface area contributed by atoms with Crippen LogP contribution in [0.5, 0.6) is 0 Å². The van der Waals surface area contributed by atoms with Crippen LogP contribution >= 0.6 is 0 Å². The zero-order valence-corrected chi connectivity index (χ0v) is 16.8. The molecular formula is C21H22F3N5O. The average molecular weight is 417 g/mol. The molecular weight excluding hydrogens is 395 g/mol. The Balaban J connectivity index is 1.74. The molecule has 0 aliphatic rings. The lowest BCUT2D eigenvalue weighted by molar-refractivity contribution is -0.137. The van der Waals surface area contributed by atoms with Crippen LogP contribution in [0, 0.1) is 6.92 Å². The Kier molecular flexibility index (Phi) is 6.21. The molecule has 2 aromatic heterocycles. The first-order valence-corrected chi connectivity index (χ1v) is 9.26. The van der Waals surface area contributed by atoms with Gasteiger partial charge in [-0.25, -0.2) is 9.67 Å². The van der Waals surface area contributed by atoms with Gasteiger partial charge in [0, 0.05) is 12.7 Å². The lowest BCUT2D eigenvalue weighted by atomic mass is 10.1. The number of aromatic nitrogens is 3. The van der Waals surface area contributed by atoms with Crippen molar-refractivity contribution in [2.24, 2.45) is 0 Å². The molecule has 0 aliphatic heterocycles. The molecule has 3 rings (SSSR count). The number of alkyl halides is 3. The van der Waals surface area contributed by atoms with E-state index in [1.165, 1.54) is 16.9 Å². The van der Waals surface area contributed by atoms with Gasteiger partial charge in [-0.3, -0.25) is 4.79 Å². The maximum Gasteiger partial charge on any atom is 0.417 e. The number of hydrogen-bond donors (Lipinski definition) is 1. The number of pyridine rings is 1. The molecule has 0 aliphatic carbocycles. The van der Waals surface area contributed by atoms with Gasteiger partial charge in [0.05, 0.1) is 29.1 Å². The van der Waals surface area contributed by atoms with E-state index in [4.69, 9.17) is 0 Å². The van der Waals surface area contributed by atoms with Crippen molar-refractivity contribution < 1.29 is 18.0 Å². The molecule has 9 heteroatoms. The summed E-state index contributed by atoms with van der Waals surface area (Å²) in [5, 5.41) is 7.03. The SMILES string of the molecule is Cc1c(C(=O)NCC(c2ccccc2)N(C)C)cnn1-c1ccc(C(F)(F)F)cn1. The highest BCUT2D eigenvalue weighted by Crippen LogP contribution is 2.28. The smallest absolute Gasteiger partial charge is 0.350 e. The van der Waals surface area contributed by atoms with Gasteiger partial charge in [0.1, 0.15) is 0 Å². The second-order valence-electron chi connectivity index (χ2n) is 7.06. The van der Waals surface area contributed by atoms with E-state index in [-0.39, 0.29) is 17.8 Å². The summed E-state index contributed by atoms with van der Waals surface area (Å²) in [7, 11) is 3.87. The molecule has 3 aromatic rings. The maximum atomic E-state index is 12.7. The average Bonchev–Trinajstić information content (AvgIpc) is 3.09. The number of halogens is 3. The maximum absolute atomic E-state index is 12.7. The van der Waals surface area contributed by atoms with Crippen LogP contribution in [-0.4, -0.2) is 46.2 Å². The monoisotopic (exact) mass is 417 g/mol. The van der Waals surface area contributed by atoms with Crippen LogP contribution in [-0.2, 0) is 6.18 Å². The van der Waals surface area contributed by atoms with Gasteiger partial charge in [-0.05, 0) is 38.7 Å². The Bertz CT molecular complexity index is 998. The van der Waals surface area contributed by atoms with E-state index in [1.807, 2.05) is 49.3 Å². The number of nitrogens with one attached hydrogen (secondary N) is 1. The predicted molar refractivity (Wildman–Crippen MR) is 106 cm³/mol. The minimum atomic E-state index is -4.46. The molecule has 0 spiro atoms. The topological polar surface area (TPSA) is 63.1 Å². The lowest BCUT2D eigenvalue weighted by Gasteiger charge is -2.25. The Morgan fingerprint density at radius 1 is 1.13 bits per heavy atom. The van der Waals surface area contributed by atoms with Crippen LogP contribution in [0.1, 0.15) is 33.2 Å². The van der Waals surface area contributed by atoms with E-state index >= 15 is 0 Å². The zero-order chi connectivity index (χ0) is 21.9. The van der Waals surface area contributed by atoms with E-state index < -0.39 is 11.7 Å². The molecule has 1 amide bonds. The van der Waals surface area contributed by atoms with Crippen molar-refractivity contribution in [1.29, 1.82) is 0 Å². The molecule has 30 heavy (non-hydrogen) atoms. The highest BCUT2D eigenvalue weighted by Gasteiger charge is 2.31. The summed E-state index contributed by atoms with van der Waals surface area (Å²) in [6.45, 7) is 2.06. The van der Waals surface area contributed by atoms with Crippen LogP contribution in [0.4, 0.5) is 13.2 Å². The minimum Gasteiger partial charge on any atom is -0.350 e. The number of nitrogens with zero attached hydrogens (tertiary/aromatic N) is 4. The number of carbonyl (C=O) groups is 1. The number of hydrogen-bond acceptors (Lipinski definition) is 4. The third-order valence-electron chi connectivity index (χ3n) is 4.81. The van der Waals surface area contributed by atoms with Crippen LogP contribution in [0.2, 0.25) is 0 Å². The van der Waals surface area contributed by atoms with Crippen LogP contribution in [0.25, 0.3) is 5.82 Å². The van der Waals surface area contributed by atoms with Crippen molar-refractivity contribution in [1.82, 2.24) is 25.0 Å². The summed E-state index contributed by atoms with van der Waals surface area (Å²) in [6.07, 6.45) is -2.33. The summed E-state index contributed by atoms with van der Waals surface area (Å²) in [6, 6.07) is 12.0. The van der Waals surface area contributed by atoms with Crippen molar-refractivity contribution in [3.05, 3.63) is 77.2 Å². The van der Waals surface area contributed by atoms with Crippen molar-refractivity contribution in [3.8, 4) is 5.82 Å². The van der Waals surface area contributed by atoms with Gasteiger partial charge in [0.2, 0.25) is 0 Å². The Labute approximate surface area is 172 Å². The summed E-state index contributed by atoms with van der Waals surface area (Å²) in [5.41, 5.74) is 1.05.